The van der Waals surface area contributed by atoms with Gasteiger partial charge < -0.3 is 10.5 Å². The molecule has 0 bridgehead atoms. The average Bonchev–Trinajstić information content (AvgIpc) is 2.19. The summed E-state index contributed by atoms with van der Waals surface area (Å²) < 4.78 is 5.41. The van der Waals surface area contributed by atoms with Gasteiger partial charge in [0.1, 0.15) is 0 Å². The van der Waals surface area contributed by atoms with Crippen LogP contribution in [0.4, 0.5) is 0 Å². The molecule has 1 aromatic rings. The van der Waals surface area contributed by atoms with Crippen molar-refractivity contribution >= 4 is 0 Å². The molecule has 0 unspecified atom stereocenters. The van der Waals surface area contributed by atoms with Crippen LogP contribution in [0.15, 0.2) is 12.3 Å². The van der Waals surface area contributed by atoms with Gasteiger partial charge in [0.15, 0.2) is 0 Å². The molecule has 2 N–H and O–H groups in total. The number of nitrogens with two attached hydrogens (primary N) is 1. The van der Waals surface area contributed by atoms with E-state index < -0.39 is 0 Å². The highest BCUT2D eigenvalue weighted by molar-refractivity contribution is 5.22. The monoisotopic (exact) mass is 181 g/mol. The summed E-state index contributed by atoms with van der Waals surface area (Å²) in [6.45, 7) is 3.24. The van der Waals surface area contributed by atoms with E-state index in [1.807, 2.05) is 6.07 Å². The van der Waals surface area contributed by atoms with Gasteiger partial charge in [0.2, 0.25) is 5.88 Å². The van der Waals surface area contributed by atoms with Gasteiger partial charge in [0, 0.05) is 12.1 Å². The summed E-state index contributed by atoms with van der Waals surface area (Å²) >= 11 is 0. The van der Waals surface area contributed by atoms with Crippen LogP contribution in [0.1, 0.15) is 25.3 Å². The Balaban J connectivity index is 2.54. The van der Waals surface area contributed by atoms with Crippen LogP contribution in [0.25, 0.3) is 0 Å². The summed E-state index contributed by atoms with van der Waals surface area (Å²) in [5.41, 5.74) is 6.42. The molecule has 0 fully saturated rings. The van der Waals surface area contributed by atoms with Crippen LogP contribution < -0.4 is 10.5 Å². The van der Waals surface area contributed by atoms with Crippen molar-refractivity contribution < 1.29 is 4.74 Å². The molecule has 0 aromatic carbocycles. The highest BCUT2D eigenvalue weighted by atomic mass is 16.5. The molecule has 72 valence electrons. The van der Waals surface area contributed by atoms with E-state index in [0.29, 0.717) is 19.0 Å². The molecular formula is C9H15N3O. The van der Waals surface area contributed by atoms with Crippen LogP contribution in [0, 0.1) is 0 Å². The minimum Gasteiger partial charge on any atom is -0.476 e. The number of aromatic nitrogens is 2. The first-order valence-electron chi connectivity index (χ1n) is 4.52. The number of ether oxygens (including phenoxy) is 1. The molecule has 4 heteroatoms. The van der Waals surface area contributed by atoms with Crippen LogP contribution in [0.2, 0.25) is 0 Å². The van der Waals surface area contributed by atoms with Crippen LogP contribution in [-0.4, -0.2) is 16.8 Å². The third-order valence-electron chi connectivity index (χ3n) is 1.72. The molecule has 0 saturated carbocycles. The van der Waals surface area contributed by atoms with E-state index in [0.717, 1.165) is 18.4 Å². The van der Waals surface area contributed by atoms with E-state index in [4.69, 9.17) is 10.5 Å². The van der Waals surface area contributed by atoms with E-state index in [9.17, 15) is 0 Å². The number of nitrogens with zero attached hydrogens (tertiary/aromatic N) is 2. The maximum atomic E-state index is 5.51. The molecule has 0 aliphatic carbocycles. The lowest BCUT2D eigenvalue weighted by molar-refractivity contribution is 0.291. The van der Waals surface area contributed by atoms with Crippen LogP contribution in [0.5, 0.6) is 5.88 Å². The number of unbranched alkanes of at least 4 members (excludes halogenated alkanes) is 1. The second kappa shape index (κ2) is 5.48. The Labute approximate surface area is 78.1 Å². The Hall–Kier alpha value is -1.16. The highest BCUT2D eigenvalue weighted by Crippen LogP contribution is 2.11. The van der Waals surface area contributed by atoms with Crippen molar-refractivity contribution in [2.45, 2.75) is 26.3 Å². The zero-order valence-electron chi connectivity index (χ0n) is 7.86. The van der Waals surface area contributed by atoms with Crippen molar-refractivity contribution in [3.05, 3.63) is 17.8 Å². The lowest BCUT2D eigenvalue weighted by Crippen LogP contribution is -2.06. The third kappa shape index (κ3) is 2.99. The molecule has 1 heterocycles. The molecule has 1 aromatic heterocycles. The summed E-state index contributed by atoms with van der Waals surface area (Å²) in [7, 11) is 0. The van der Waals surface area contributed by atoms with Crippen molar-refractivity contribution in [3.63, 3.8) is 0 Å². The maximum Gasteiger partial charge on any atom is 0.237 e. The number of hydrogen-bond acceptors (Lipinski definition) is 4. The lowest BCUT2D eigenvalue weighted by Gasteiger charge is -2.06. The molecule has 0 spiro atoms. The van der Waals surface area contributed by atoms with Gasteiger partial charge >= 0.3 is 0 Å². The van der Waals surface area contributed by atoms with Gasteiger partial charge in [0.25, 0.3) is 0 Å². The zero-order chi connectivity index (χ0) is 9.52. The van der Waals surface area contributed by atoms with Crippen molar-refractivity contribution in [2.24, 2.45) is 5.73 Å². The molecule has 0 aliphatic rings. The molecular weight excluding hydrogens is 166 g/mol. The van der Waals surface area contributed by atoms with E-state index in [1.165, 1.54) is 0 Å². The second-order valence-electron chi connectivity index (χ2n) is 2.77. The van der Waals surface area contributed by atoms with Gasteiger partial charge in [-0.3, -0.25) is 0 Å². The molecule has 0 saturated heterocycles. The van der Waals surface area contributed by atoms with Gasteiger partial charge in [0.05, 0.1) is 12.8 Å². The Morgan fingerprint density at radius 1 is 1.54 bits per heavy atom. The number of rotatable bonds is 5. The summed E-state index contributed by atoms with van der Waals surface area (Å²) in [5.74, 6) is 0.568. The zero-order valence-corrected chi connectivity index (χ0v) is 7.86. The minimum atomic E-state index is 0.441. The van der Waals surface area contributed by atoms with Crippen LogP contribution in [-0.2, 0) is 6.54 Å². The molecule has 0 atom stereocenters. The Morgan fingerprint density at radius 2 is 2.38 bits per heavy atom. The SMILES string of the molecule is CCCCOc1nnccc1CN. The first-order valence-corrected chi connectivity index (χ1v) is 4.52. The molecule has 13 heavy (non-hydrogen) atoms. The summed E-state index contributed by atoms with van der Waals surface area (Å²) in [5, 5.41) is 7.61. The maximum absolute atomic E-state index is 5.51. The normalized spacial score (nSPS) is 10.0. The Morgan fingerprint density at radius 3 is 3.08 bits per heavy atom. The Kier molecular flexibility index (Phi) is 4.18. The minimum absolute atomic E-state index is 0.441. The smallest absolute Gasteiger partial charge is 0.237 e. The fourth-order valence-corrected chi connectivity index (χ4v) is 0.935. The van der Waals surface area contributed by atoms with Gasteiger partial charge in [-0.15, -0.1) is 5.10 Å². The Bertz CT molecular complexity index is 252. The summed E-state index contributed by atoms with van der Waals surface area (Å²) in [6.07, 6.45) is 3.76. The van der Waals surface area contributed by atoms with Gasteiger partial charge in [-0.1, -0.05) is 13.3 Å². The largest absolute Gasteiger partial charge is 0.476 e. The van der Waals surface area contributed by atoms with Gasteiger partial charge in [-0.25, -0.2) is 0 Å². The van der Waals surface area contributed by atoms with E-state index in [1.54, 1.807) is 6.20 Å². The van der Waals surface area contributed by atoms with E-state index in [-0.39, 0.29) is 0 Å². The predicted molar refractivity (Wildman–Crippen MR) is 50.3 cm³/mol. The second-order valence-corrected chi connectivity index (χ2v) is 2.77. The third-order valence-corrected chi connectivity index (χ3v) is 1.72. The highest BCUT2D eigenvalue weighted by Gasteiger charge is 2.02. The van der Waals surface area contributed by atoms with Gasteiger partial charge in [-0.05, 0) is 12.5 Å². The van der Waals surface area contributed by atoms with E-state index in [2.05, 4.69) is 17.1 Å². The van der Waals surface area contributed by atoms with Gasteiger partial charge in [-0.2, -0.15) is 5.10 Å². The molecule has 0 aliphatic heterocycles. The topological polar surface area (TPSA) is 61.0 Å². The van der Waals surface area contributed by atoms with Crippen LogP contribution in [0.3, 0.4) is 0 Å². The lowest BCUT2D eigenvalue weighted by atomic mass is 10.3. The molecule has 0 amide bonds. The molecule has 0 radical (unpaired) electrons. The summed E-state index contributed by atoms with van der Waals surface area (Å²) in [4.78, 5) is 0. The molecule has 4 nitrogen and oxygen atoms in total. The first kappa shape index (κ1) is 9.92. The summed E-state index contributed by atoms with van der Waals surface area (Å²) in [6, 6.07) is 1.83. The average molecular weight is 181 g/mol. The van der Waals surface area contributed by atoms with Crippen molar-refractivity contribution in [3.8, 4) is 5.88 Å². The first-order chi connectivity index (χ1) is 6.38. The fraction of sp³-hybridized carbons (Fsp3) is 0.556. The molecule has 1 rings (SSSR count). The van der Waals surface area contributed by atoms with Crippen LogP contribution >= 0.6 is 0 Å². The quantitative estimate of drug-likeness (QED) is 0.691. The fourth-order valence-electron chi connectivity index (χ4n) is 0.935. The standard InChI is InChI=1S/C9H15N3O/c1-2-3-6-13-9-8(7-10)4-5-11-12-9/h4-5H,2-3,6-7,10H2,1H3. The number of hydrogen-bond donors (Lipinski definition) is 1. The van der Waals surface area contributed by atoms with E-state index >= 15 is 0 Å². The predicted octanol–water partition coefficient (Wildman–Crippen LogP) is 1.11. The van der Waals surface area contributed by atoms with Crippen molar-refractivity contribution in [1.29, 1.82) is 0 Å². The van der Waals surface area contributed by atoms with Crippen molar-refractivity contribution in [2.75, 3.05) is 6.61 Å². The van der Waals surface area contributed by atoms with Crippen molar-refractivity contribution in [1.82, 2.24) is 10.2 Å².